The summed E-state index contributed by atoms with van der Waals surface area (Å²) in [6, 6.07) is -1.11. The second kappa shape index (κ2) is 6.95. The molecule has 6 nitrogen and oxygen atoms in total. The van der Waals surface area contributed by atoms with Gasteiger partial charge in [-0.3, -0.25) is 9.69 Å². The van der Waals surface area contributed by atoms with E-state index in [0.29, 0.717) is 0 Å². The number of halogens is 4. The molecule has 1 aliphatic heterocycles. The molecule has 0 aromatic carbocycles. The zero-order valence-corrected chi connectivity index (χ0v) is 17.2. The van der Waals surface area contributed by atoms with Crippen molar-refractivity contribution in [3.63, 3.8) is 0 Å². The lowest BCUT2D eigenvalue weighted by molar-refractivity contribution is -0.141. The summed E-state index contributed by atoms with van der Waals surface area (Å²) in [6.45, 7) is 8.14. The fraction of sp³-hybridized carbons (Fsp3) is 0.550. The van der Waals surface area contributed by atoms with Crippen LogP contribution in [0.3, 0.4) is 0 Å². The zero-order chi connectivity index (χ0) is 22.6. The van der Waals surface area contributed by atoms with Crippen LogP contribution in [0.15, 0.2) is 18.2 Å². The molecule has 0 saturated carbocycles. The van der Waals surface area contributed by atoms with Crippen molar-refractivity contribution in [1.29, 1.82) is 0 Å². The number of ether oxygens (including phenoxy) is 1. The van der Waals surface area contributed by atoms with Crippen molar-refractivity contribution in [3.05, 3.63) is 35.3 Å². The van der Waals surface area contributed by atoms with Crippen molar-refractivity contribution in [1.82, 2.24) is 9.88 Å². The number of likely N-dealkylation sites (tertiary alicyclic amines) is 1. The quantitative estimate of drug-likeness (QED) is 0.557. The first-order valence-electron chi connectivity index (χ1n) is 9.38. The number of pyridine rings is 1. The maximum atomic E-state index is 14.0. The van der Waals surface area contributed by atoms with Gasteiger partial charge in [-0.1, -0.05) is 19.1 Å². The lowest BCUT2D eigenvalue weighted by atomic mass is 9.73. The molecule has 1 saturated heterocycles. The van der Waals surface area contributed by atoms with Gasteiger partial charge in [-0.05, 0) is 34.1 Å². The Balaban J connectivity index is 1.89. The largest absolute Gasteiger partial charge is 0.444 e. The van der Waals surface area contributed by atoms with Crippen LogP contribution >= 0.6 is 0 Å². The third-order valence-corrected chi connectivity index (χ3v) is 5.25. The number of rotatable bonds is 2. The monoisotopic (exact) mass is 429 g/mol. The average Bonchev–Trinajstić information content (AvgIpc) is 2.77. The Hall–Kier alpha value is -2.65. The van der Waals surface area contributed by atoms with Gasteiger partial charge in [0.2, 0.25) is 5.91 Å². The molecule has 1 aromatic rings. The fourth-order valence-electron chi connectivity index (χ4n) is 3.64. The first-order chi connectivity index (χ1) is 13.6. The second-order valence-corrected chi connectivity index (χ2v) is 8.87. The number of amides is 2. The van der Waals surface area contributed by atoms with E-state index in [1.165, 1.54) is 11.8 Å². The van der Waals surface area contributed by atoms with Crippen molar-refractivity contribution in [2.75, 3.05) is 5.32 Å². The molecular formula is C20H23F4N3O3. The summed E-state index contributed by atoms with van der Waals surface area (Å²) in [7, 11) is 0. The number of hydrogen-bond donors (Lipinski definition) is 1. The van der Waals surface area contributed by atoms with Gasteiger partial charge in [0.25, 0.3) is 0 Å². The lowest BCUT2D eigenvalue weighted by Gasteiger charge is -2.38. The summed E-state index contributed by atoms with van der Waals surface area (Å²) >= 11 is 0. The number of anilines is 1. The summed E-state index contributed by atoms with van der Waals surface area (Å²) in [5.74, 6) is -2.43. The van der Waals surface area contributed by atoms with Gasteiger partial charge in [-0.2, -0.15) is 13.2 Å². The summed E-state index contributed by atoms with van der Waals surface area (Å²) in [4.78, 5) is 30.3. The fourth-order valence-corrected chi connectivity index (χ4v) is 3.64. The first kappa shape index (κ1) is 22.0. The van der Waals surface area contributed by atoms with E-state index in [4.69, 9.17) is 4.74 Å². The Morgan fingerprint density at radius 1 is 1.30 bits per heavy atom. The van der Waals surface area contributed by atoms with Crippen molar-refractivity contribution < 1.29 is 31.9 Å². The SMILES string of the molecule is Cc1c(F)cc(C(F)(F)F)nc1NC(=O)[C@@H]1C[C@@]2(C)C=C[C@H]2N1C(=O)OC(C)(C)C. The Kier molecular flexibility index (Phi) is 5.11. The molecule has 30 heavy (non-hydrogen) atoms. The number of aromatic nitrogens is 1. The van der Waals surface area contributed by atoms with E-state index >= 15 is 0 Å². The van der Waals surface area contributed by atoms with Crippen LogP contribution in [-0.2, 0) is 15.7 Å². The highest BCUT2D eigenvalue weighted by Gasteiger charge is 2.56. The Morgan fingerprint density at radius 3 is 2.43 bits per heavy atom. The minimum Gasteiger partial charge on any atom is -0.444 e. The van der Waals surface area contributed by atoms with Crippen molar-refractivity contribution in [2.45, 2.75) is 64.9 Å². The summed E-state index contributed by atoms with van der Waals surface area (Å²) in [5, 5.41) is 2.27. The summed E-state index contributed by atoms with van der Waals surface area (Å²) in [6.07, 6.45) is -1.69. The Bertz CT molecular complexity index is 923. The molecule has 164 valence electrons. The summed E-state index contributed by atoms with van der Waals surface area (Å²) < 4.78 is 58.4. The number of nitrogens with zero attached hydrogens (tertiary/aromatic N) is 2. The molecule has 2 heterocycles. The predicted octanol–water partition coefficient (Wildman–Crippen LogP) is 4.44. The van der Waals surface area contributed by atoms with Crippen molar-refractivity contribution >= 4 is 17.8 Å². The normalized spacial score (nSPS) is 25.6. The highest BCUT2D eigenvalue weighted by molar-refractivity contribution is 5.97. The van der Waals surface area contributed by atoms with Gasteiger partial charge in [0.05, 0.1) is 6.04 Å². The number of nitrogens with one attached hydrogen (secondary N) is 1. The first-order valence-corrected chi connectivity index (χ1v) is 9.38. The molecule has 1 aliphatic carbocycles. The smallest absolute Gasteiger partial charge is 0.433 e. The zero-order valence-electron chi connectivity index (χ0n) is 17.2. The minimum atomic E-state index is -4.87. The molecular weight excluding hydrogens is 406 g/mol. The highest BCUT2D eigenvalue weighted by Crippen LogP contribution is 2.49. The third-order valence-electron chi connectivity index (χ3n) is 5.25. The van der Waals surface area contributed by atoms with Gasteiger partial charge < -0.3 is 10.1 Å². The maximum Gasteiger partial charge on any atom is 0.433 e. The molecule has 2 aliphatic rings. The molecule has 3 rings (SSSR count). The van der Waals surface area contributed by atoms with Gasteiger partial charge in [-0.15, -0.1) is 0 Å². The Labute approximate surface area is 171 Å². The predicted molar refractivity (Wildman–Crippen MR) is 100 cm³/mol. The van der Waals surface area contributed by atoms with Gasteiger partial charge in [0, 0.05) is 17.0 Å². The van der Waals surface area contributed by atoms with E-state index < -0.39 is 52.6 Å². The number of hydrogen-bond acceptors (Lipinski definition) is 4. The van der Waals surface area contributed by atoms with Gasteiger partial charge >= 0.3 is 12.3 Å². The molecule has 0 spiro atoms. The van der Waals surface area contributed by atoms with Crippen LogP contribution in [0.5, 0.6) is 0 Å². The van der Waals surface area contributed by atoms with Crippen LogP contribution in [0.1, 0.15) is 45.4 Å². The number of alkyl halides is 3. The summed E-state index contributed by atoms with van der Waals surface area (Å²) in [5.41, 5.74) is -2.94. The molecule has 1 fully saturated rings. The molecule has 1 aromatic heterocycles. The number of carbonyl (C=O) groups is 2. The number of carbonyl (C=O) groups excluding carboxylic acids is 2. The van der Waals surface area contributed by atoms with Crippen LogP contribution in [0.25, 0.3) is 0 Å². The molecule has 10 heteroatoms. The molecule has 1 N–H and O–H groups in total. The van der Waals surface area contributed by atoms with E-state index in [1.807, 2.05) is 13.0 Å². The highest BCUT2D eigenvalue weighted by atomic mass is 19.4. The molecule has 3 atom stereocenters. The van der Waals surface area contributed by atoms with E-state index in [-0.39, 0.29) is 24.1 Å². The van der Waals surface area contributed by atoms with Crippen molar-refractivity contribution in [2.24, 2.45) is 5.41 Å². The van der Waals surface area contributed by atoms with Gasteiger partial charge in [-0.25, -0.2) is 14.2 Å². The van der Waals surface area contributed by atoms with E-state index in [9.17, 15) is 27.2 Å². The van der Waals surface area contributed by atoms with E-state index in [2.05, 4.69) is 10.3 Å². The molecule has 0 unspecified atom stereocenters. The molecule has 0 radical (unpaired) electrons. The van der Waals surface area contributed by atoms with E-state index in [1.54, 1.807) is 26.8 Å². The minimum absolute atomic E-state index is 0.231. The van der Waals surface area contributed by atoms with Crippen molar-refractivity contribution in [3.8, 4) is 0 Å². The average molecular weight is 429 g/mol. The lowest BCUT2D eigenvalue weighted by Crippen LogP contribution is -2.51. The van der Waals surface area contributed by atoms with Crippen LogP contribution in [0.4, 0.5) is 28.2 Å². The van der Waals surface area contributed by atoms with Crippen LogP contribution in [0.2, 0.25) is 0 Å². The topological polar surface area (TPSA) is 71.5 Å². The van der Waals surface area contributed by atoms with Gasteiger partial charge in [0.15, 0.2) is 0 Å². The number of fused-ring (bicyclic) bond motifs is 1. The Morgan fingerprint density at radius 2 is 1.93 bits per heavy atom. The molecule has 2 amide bonds. The standard InChI is InChI=1S/C20H23F4N3O3/c1-10-11(21)8-13(20(22,23)24)25-15(10)26-16(28)12-9-19(5)7-6-14(19)27(12)17(29)30-18(2,3)4/h6-8,12,14H,9H2,1-5H3,(H,25,26,28)/t12-,14+,19+/m0/s1. The van der Waals surface area contributed by atoms with Crippen LogP contribution in [0, 0.1) is 18.2 Å². The maximum absolute atomic E-state index is 14.0. The van der Waals surface area contributed by atoms with E-state index in [0.717, 1.165) is 0 Å². The molecule has 0 bridgehead atoms. The second-order valence-electron chi connectivity index (χ2n) is 8.87. The van der Waals surface area contributed by atoms with Gasteiger partial charge in [0.1, 0.15) is 29.0 Å². The third kappa shape index (κ3) is 3.99. The van der Waals surface area contributed by atoms with Crippen LogP contribution < -0.4 is 5.32 Å². The van der Waals surface area contributed by atoms with Crippen LogP contribution in [-0.4, -0.2) is 39.6 Å².